The van der Waals surface area contributed by atoms with Crippen molar-refractivity contribution in [2.45, 2.75) is 18.9 Å². The quantitative estimate of drug-likeness (QED) is 0.652. The van der Waals surface area contributed by atoms with Crippen LogP contribution >= 0.6 is 15.9 Å². The first-order valence-electron chi connectivity index (χ1n) is 8.86. The maximum absolute atomic E-state index is 13.2. The fourth-order valence-corrected chi connectivity index (χ4v) is 3.92. The molecule has 0 aromatic heterocycles. The molecule has 28 heavy (non-hydrogen) atoms. The minimum Gasteiger partial charge on any atom is -0.493 e. The van der Waals surface area contributed by atoms with Crippen LogP contribution in [0.25, 0.3) is 0 Å². The smallest absolute Gasteiger partial charge is 0.307 e. The van der Waals surface area contributed by atoms with E-state index in [1.165, 1.54) is 7.11 Å². The van der Waals surface area contributed by atoms with Gasteiger partial charge in [0.25, 0.3) is 5.91 Å². The number of rotatable bonds is 5. The fraction of sp³-hybridized carbons (Fsp3) is 0.333. The number of amides is 1. The normalized spacial score (nSPS) is 15.6. The second-order valence-electron chi connectivity index (χ2n) is 6.46. The van der Waals surface area contributed by atoms with Crippen LogP contribution in [0.2, 0.25) is 0 Å². The molecule has 0 spiro atoms. The maximum atomic E-state index is 13.2. The number of hydrogen-bond acceptors (Lipinski definition) is 5. The van der Waals surface area contributed by atoms with Crippen molar-refractivity contribution in [2.75, 3.05) is 27.9 Å². The Bertz CT molecular complexity index is 898. The highest BCUT2D eigenvalue weighted by Crippen LogP contribution is 2.40. The summed E-state index contributed by atoms with van der Waals surface area (Å²) in [7, 11) is 4.50. The van der Waals surface area contributed by atoms with Gasteiger partial charge in [-0.1, -0.05) is 22.0 Å². The van der Waals surface area contributed by atoms with Crippen molar-refractivity contribution in [3.05, 3.63) is 57.6 Å². The number of hydrogen-bond donors (Lipinski definition) is 0. The van der Waals surface area contributed by atoms with E-state index in [1.807, 2.05) is 24.3 Å². The first kappa shape index (κ1) is 20.2. The molecule has 1 aliphatic heterocycles. The highest BCUT2D eigenvalue weighted by molar-refractivity contribution is 9.10. The molecule has 0 bridgehead atoms. The fourth-order valence-electron chi connectivity index (χ4n) is 3.52. The van der Waals surface area contributed by atoms with E-state index in [0.717, 1.165) is 15.6 Å². The number of halogens is 1. The first-order chi connectivity index (χ1) is 13.5. The molecule has 6 nitrogen and oxygen atoms in total. The summed E-state index contributed by atoms with van der Waals surface area (Å²) in [5.74, 6) is 0.688. The third-order valence-corrected chi connectivity index (χ3v) is 5.42. The lowest BCUT2D eigenvalue weighted by Gasteiger charge is -2.37. The van der Waals surface area contributed by atoms with Crippen molar-refractivity contribution in [2.24, 2.45) is 0 Å². The van der Waals surface area contributed by atoms with Crippen molar-refractivity contribution in [3.63, 3.8) is 0 Å². The topological polar surface area (TPSA) is 65.1 Å². The molecule has 3 rings (SSSR count). The number of benzene rings is 2. The molecule has 0 saturated carbocycles. The molecule has 1 atom stereocenters. The van der Waals surface area contributed by atoms with Crippen LogP contribution in [0.4, 0.5) is 0 Å². The molecule has 0 fully saturated rings. The van der Waals surface area contributed by atoms with Gasteiger partial charge >= 0.3 is 5.97 Å². The average Bonchev–Trinajstić information content (AvgIpc) is 2.72. The Morgan fingerprint density at radius 2 is 1.82 bits per heavy atom. The van der Waals surface area contributed by atoms with E-state index in [9.17, 15) is 9.59 Å². The summed E-state index contributed by atoms with van der Waals surface area (Å²) in [6.45, 7) is 0.496. The Morgan fingerprint density at radius 3 is 2.46 bits per heavy atom. The summed E-state index contributed by atoms with van der Waals surface area (Å²) in [6, 6.07) is 10.6. The Hall–Kier alpha value is -2.54. The van der Waals surface area contributed by atoms with Crippen molar-refractivity contribution >= 4 is 27.8 Å². The van der Waals surface area contributed by atoms with Crippen molar-refractivity contribution < 1.29 is 23.8 Å². The van der Waals surface area contributed by atoms with E-state index in [-0.39, 0.29) is 18.3 Å². The Labute approximate surface area is 172 Å². The molecule has 2 aromatic rings. The van der Waals surface area contributed by atoms with Gasteiger partial charge in [-0.25, -0.2) is 0 Å². The molecular formula is C21H22BrNO5. The van der Waals surface area contributed by atoms with Crippen LogP contribution in [-0.2, 0) is 16.0 Å². The van der Waals surface area contributed by atoms with Crippen LogP contribution in [0.1, 0.15) is 33.9 Å². The zero-order valence-corrected chi connectivity index (χ0v) is 17.6. The molecular weight excluding hydrogens is 426 g/mol. The van der Waals surface area contributed by atoms with Gasteiger partial charge in [0.2, 0.25) is 0 Å². The number of carbonyl (C=O) groups excluding carboxylic acids is 2. The average molecular weight is 448 g/mol. The molecule has 1 heterocycles. The van der Waals surface area contributed by atoms with Crippen LogP contribution < -0.4 is 9.47 Å². The summed E-state index contributed by atoms with van der Waals surface area (Å²) in [5, 5.41) is 0. The lowest BCUT2D eigenvalue weighted by atomic mass is 9.89. The van der Waals surface area contributed by atoms with Crippen molar-refractivity contribution in [1.82, 2.24) is 4.90 Å². The van der Waals surface area contributed by atoms with Crippen LogP contribution in [0.3, 0.4) is 0 Å². The van der Waals surface area contributed by atoms with E-state index >= 15 is 0 Å². The minimum absolute atomic E-state index is 0.0682. The maximum Gasteiger partial charge on any atom is 0.307 e. The zero-order chi connectivity index (χ0) is 20.3. The summed E-state index contributed by atoms with van der Waals surface area (Å²) < 4.78 is 16.5. The number of methoxy groups -OCH3 is 3. The second kappa shape index (κ2) is 8.65. The number of esters is 1. The third-order valence-electron chi connectivity index (χ3n) is 4.92. The number of carbonyl (C=O) groups is 2. The molecule has 1 aliphatic rings. The van der Waals surface area contributed by atoms with Gasteiger partial charge in [-0.2, -0.15) is 0 Å². The largest absolute Gasteiger partial charge is 0.493 e. The molecule has 1 amide bonds. The van der Waals surface area contributed by atoms with Crippen LogP contribution in [0, 0.1) is 0 Å². The van der Waals surface area contributed by atoms with E-state index in [0.29, 0.717) is 30.0 Å². The molecule has 0 N–H and O–H groups in total. The van der Waals surface area contributed by atoms with Gasteiger partial charge in [0.15, 0.2) is 11.5 Å². The summed E-state index contributed by atoms with van der Waals surface area (Å²) in [4.78, 5) is 27.0. The van der Waals surface area contributed by atoms with E-state index < -0.39 is 6.04 Å². The highest BCUT2D eigenvalue weighted by Gasteiger charge is 2.34. The van der Waals surface area contributed by atoms with Gasteiger partial charge < -0.3 is 19.1 Å². The van der Waals surface area contributed by atoms with Gasteiger partial charge in [0.05, 0.1) is 33.8 Å². The van der Waals surface area contributed by atoms with Gasteiger partial charge in [-0.3, -0.25) is 9.59 Å². The van der Waals surface area contributed by atoms with E-state index in [2.05, 4.69) is 15.9 Å². The number of fused-ring (bicyclic) bond motifs is 1. The summed E-state index contributed by atoms with van der Waals surface area (Å²) >= 11 is 3.41. The second-order valence-corrected chi connectivity index (χ2v) is 7.38. The minimum atomic E-state index is -0.442. The Kier molecular flexibility index (Phi) is 6.24. The lowest BCUT2D eigenvalue weighted by molar-refractivity contribution is -0.141. The lowest BCUT2D eigenvalue weighted by Crippen LogP contribution is -2.41. The monoisotopic (exact) mass is 447 g/mol. The van der Waals surface area contributed by atoms with Crippen LogP contribution in [0.15, 0.2) is 40.9 Å². The van der Waals surface area contributed by atoms with Gasteiger partial charge in [-0.15, -0.1) is 0 Å². The predicted molar refractivity (Wildman–Crippen MR) is 108 cm³/mol. The summed E-state index contributed by atoms with van der Waals surface area (Å²) in [6.07, 6.45) is 0.728. The highest BCUT2D eigenvalue weighted by atomic mass is 79.9. The van der Waals surface area contributed by atoms with Crippen molar-refractivity contribution in [1.29, 1.82) is 0 Å². The SMILES string of the molecule is COC(=O)CC1c2cc(OC)c(OC)cc2CCN1C(=O)c1cccc(Br)c1. The molecule has 7 heteroatoms. The Morgan fingerprint density at radius 1 is 1.11 bits per heavy atom. The Balaban J connectivity index is 2.04. The van der Waals surface area contributed by atoms with E-state index in [1.54, 1.807) is 31.3 Å². The standard InChI is InChI=1S/C21H22BrNO5/c1-26-18-10-13-7-8-23(21(25)14-5-4-6-15(22)9-14)17(12-20(24)28-3)16(13)11-19(18)27-2/h4-6,9-11,17H,7-8,12H2,1-3H3. The molecule has 0 radical (unpaired) electrons. The third kappa shape index (κ3) is 3.99. The predicted octanol–water partition coefficient (Wildman–Crippen LogP) is 3.77. The molecule has 2 aromatic carbocycles. The van der Waals surface area contributed by atoms with Gasteiger partial charge in [0.1, 0.15) is 0 Å². The number of ether oxygens (including phenoxy) is 3. The van der Waals surface area contributed by atoms with Gasteiger partial charge in [-0.05, 0) is 47.9 Å². The molecule has 0 saturated heterocycles. The zero-order valence-electron chi connectivity index (χ0n) is 16.0. The van der Waals surface area contributed by atoms with Crippen LogP contribution in [0.5, 0.6) is 11.5 Å². The van der Waals surface area contributed by atoms with E-state index in [4.69, 9.17) is 14.2 Å². The van der Waals surface area contributed by atoms with Crippen molar-refractivity contribution in [3.8, 4) is 11.5 Å². The molecule has 1 unspecified atom stereocenters. The van der Waals surface area contributed by atoms with Gasteiger partial charge in [0, 0.05) is 16.6 Å². The molecule has 148 valence electrons. The first-order valence-corrected chi connectivity index (χ1v) is 9.66. The van der Waals surface area contributed by atoms with Crippen LogP contribution in [-0.4, -0.2) is 44.7 Å². The summed E-state index contributed by atoms with van der Waals surface area (Å²) in [5.41, 5.74) is 2.47. The molecule has 0 aliphatic carbocycles. The number of nitrogens with zero attached hydrogens (tertiary/aromatic N) is 1.